The van der Waals surface area contributed by atoms with E-state index in [0.29, 0.717) is 0 Å². The molecule has 1 fully saturated rings. The maximum atomic E-state index is 11.7. The van der Waals surface area contributed by atoms with E-state index in [4.69, 9.17) is 4.74 Å². The standard InChI is InChI=1S/C12H18N2O5/c1-12(2,3)19-11(18)5-4-10(17)14-6-8(15)13-9(16)7-14/h4-7H2,1-3H3,(H,13,15,16). The summed E-state index contributed by atoms with van der Waals surface area (Å²) in [6.45, 7) is 4.90. The monoisotopic (exact) mass is 270 g/mol. The van der Waals surface area contributed by atoms with Gasteiger partial charge in [0.15, 0.2) is 0 Å². The zero-order valence-electron chi connectivity index (χ0n) is 11.3. The van der Waals surface area contributed by atoms with Crippen molar-refractivity contribution in [1.82, 2.24) is 10.2 Å². The molecule has 1 rings (SSSR count). The molecule has 19 heavy (non-hydrogen) atoms. The van der Waals surface area contributed by atoms with Gasteiger partial charge in [-0.25, -0.2) is 0 Å². The Morgan fingerprint density at radius 1 is 1.16 bits per heavy atom. The first-order chi connectivity index (χ1) is 8.67. The van der Waals surface area contributed by atoms with Crippen molar-refractivity contribution >= 4 is 23.7 Å². The number of hydrogen-bond acceptors (Lipinski definition) is 5. The fraction of sp³-hybridized carbons (Fsp3) is 0.667. The minimum absolute atomic E-state index is 0.0671. The lowest BCUT2D eigenvalue weighted by Gasteiger charge is -2.25. The molecule has 0 aliphatic carbocycles. The smallest absolute Gasteiger partial charge is 0.306 e. The molecule has 0 spiro atoms. The topological polar surface area (TPSA) is 92.8 Å². The first-order valence-corrected chi connectivity index (χ1v) is 6.00. The molecule has 1 heterocycles. The molecule has 1 aliphatic heterocycles. The highest BCUT2D eigenvalue weighted by molar-refractivity contribution is 6.02. The maximum absolute atomic E-state index is 11.7. The molecule has 0 unspecified atom stereocenters. The summed E-state index contributed by atoms with van der Waals surface area (Å²) >= 11 is 0. The molecule has 1 aliphatic rings. The molecule has 0 aromatic heterocycles. The third-order valence-corrected chi connectivity index (χ3v) is 2.26. The van der Waals surface area contributed by atoms with Crippen LogP contribution >= 0.6 is 0 Å². The van der Waals surface area contributed by atoms with Crippen LogP contribution in [0.5, 0.6) is 0 Å². The Labute approximate surface area is 111 Å². The molecule has 0 aromatic rings. The van der Waals surface area contributed by atoms with E-state index in [1.54, 1.807) is 20.8 Å². The van der Waals surface area contributed by atoms with Gasteiger partial charge in [-0.15, -0.1) is 0 Å². The summed E-state index contributed by atoms with van der Waals surface area (Å²) in [7, 11) is 0. The van der Waals surface area contributed by atoms with E-state index in [0.717, 1.165) is 4.90 Å². The third-order valence-electron chi connectivity index (χ3n) is 2.26. The van der Waals surface area contributed by atoms with E-state index < -0.39 is 29.3 Å². The second-order valence-corrected chi connectivity index (χ2v) is 5.31. The van der Waals surface area contributed by atoms with Crippen LogP contribution in [0.3, 0.4) is 0 Å². The minimum Gasteiger partial charge on any atom is -0.460 e. The van der Waals surface area contributed by atoms with Crippen LogP contribution < -0.4 is 5.32 Å². The van der Waals surface area contributed by atoms with Crippen molar-refractivity contribution in [3.8, 4) is 0 Å². The molecule has 7 heteroatoms. The second-order valence-electron chi connectivity index (χ2n) is 5.31. The molecule has 106 valence electrons. The summed E-state index contributed by atoms with van der Waals surface area (Å²) in [5.74, 6) is -1.91. The van der Waals surface area contributed by atoms with Crippen molar-refractivity contribution in [2.24, 2.45) is 0 Å². The van der Waals surface area contributed by atoms with Crippen LogP contribution in [0.4, 0.5) is 0 Å². The number of rotatable bonds is 3. The molecule has 3 amide bonds. The first-order valence-electron chi connectivity index (χ1n) is 6.00. The van der Waals surface area contributed by atoms with Gasteiger partial charge >= 0.3 is 5.97 Å². The Balaban J connectivity index is 2.41. The Morgan fingerprint density at radius 2 is 1.68 bits per heavy atom. The maximum Gasteiger partial charge on any atom is 0.306 e. The van der Waals surface area contributed by atoms with Gasteiger partial charge in [0.2, 0.25) is 17.7 Å². The van der Waals surface area contributed by atoms with Crippen molar-refractivity contribution in [1.29, 1.82) is 0 Å². The molecular weight excluding hydrogens is 252 g/mol. The van der Waals surface area contributed by atoms with Gasteiger partial charge in [-0.3, -0.25) is 24.5 Å². The number of nitrogens with zero attached hydrogens (tertiary/aromatic N) is 1. The lowest BCUT2D eigenvalue weighted by Crippen LogP contribution is -2.53. The number of carbonyl (C=O) groups is 4. The Bertz CT molecular complexity index is 395. The summed E-state index contributed by atoms with van der Waals surface area (Å²) < 4.78 is 5.06. The summed E-state index contributed by atoms with van der Waals surface area (Å²) in [4.78, 5) is 46.5. The first kappa shape index (κ1) is 15.1. The lowest BCUT2D eigenvalue weighted by atomic mass is 10.2. The molecule has 7 nitrogen and oxygen atoms in total. The summed E-state index contributed by atoms with van der Waals surface area (Å²) in [6.07, 6.45) is -0.141. The van der Waals surface area contributed by atoms with E-state index in [9.17, 15) is 19.2 Å². The number of amides is 3. The number of nitrogens with one attached hydrogen (secondary N) is 1. The summed E-state index contributed by atoms with van der Waals surface area (Å²) in [6, 6.07) is 0. The number of piperazine rings is 1. The van der Waals surface area contributed by atoms with E-state index in [1.807, 2.05) is 0 Å². The Morgan fingerprint density at radius 3 is 2.16 bits per heavy atom. The predicted molar refractivity (Wildman–Crippen MR) is 64.8 cm³/mol. The van der Waals surface area contributed by atoms with Gasteiger partial charge in [0.25, 0.3) is 0 Å². The highest BCUT2D eigenvalue weighted by atomic mass is 16.6. The van der Waals surface area contributed by atoms with E-state index in [1.165, 1.54) is 0 Å². The second kappa shape index (κ2) is 5.81. The number of esters is 1. The minimum atomic E-state index is -0.596. The average Bonchev–Trinajstić information content (AvgIpc) is 2.22. The van der Waals surface area contributed by atoms with Gasteiger partial charge in [0.05, 0.1) is 6.42 Å². The van der Waals surface area contributed by atoms with E-state index >= 15 is 0 Å². The Hall–Kier alpha value is -1.92. The SMILES string of the molecule is CC(C)(C)OC(=O)CCC(=O)N1CC(=O)NC(=O)C1. The zero-order chi connectivity index (χ0) is 14.6. The Kier molecular flexibility index (Phi) is 4.63. The van der Waals surface area contributed by atoms with Gasteiger partial charge in [-0.05, 0) is 20.8 Å². The molecule has 1 saturated heterocycles. The highest BCUT2D eigenvalue weighted by Crippen LogP contribution is 2.10. The number of carbonyl (C=O) groups excluding carboxylic acids is 4. The van der Waals surface area contributed by atoms with Gasteiger partial charge in [0.1, 0.15) is 18.7 Å². The van der Waals surface area contributed by atoms with Crippen molar-refractivity contribution in [2.45, 2.75) is 39.2 Å². The van der Waals surface area contributed by atoms with Crippen molar-refractivity contribution in [2.75, 3.05) is 13.1 Å². The van der Waals surface area contributed by atoms with Crippen LogP contribution in [0.25, 0.3) is 0 Å². The quantitative estimate of drug-likeness (QED) is 0.556. The van der Waals surface area contributed by atoms with E-state index in [-0.39, 0.29) is 25.9 Å². The largest absolute Gasteiger partial charge is 0.460 e. The van der Waals surface area contributed by atoms with Crippen LogP contribution in [0, 0.1) is 0 Å². The van der Waals surface area contributed by atoms with Crippen molar-refractivity contribution < 1.29 is 23.9 Å². The zero-order valence-corrected chi connectivity index (χ0v) is 11.3. The average molecular weight is 270 g/mol. The van der Waals surface area contributed by atoms with Gasteiger partial charge in [-0.2, -0.15) is 0 Å². The lowest BCUT2D eigenvalue weighted by molar-refractivity contribution is -0.156. The fourth-order valence-electron chi connectivity index (χ4n) is 1.57. The van der Waals surface area contributed by atoms with Gasteiger partial charge in [-0.1, -0.05) is 0 Å². The number of hydrogen-bond donors (Lipinski definition) is 1. The number of ether oxygens (including phenoxy) is 1. The highest BCUT2D eigenvalue weighted by Gasteiger charge is 2.26. The molecule has 0 saturated carbocycles. The normalized spacial score (nSPS) is 16.1. The van der Waals surface area contributed by atoms with Crippen molar-refractivity contribution in [3.63, 3.8) is 0 Å². The van der Waals surface area contributed by atoms with E-state index in [2.05, 4.69) is 5.32 Å². The molecule has 0 bridgehead atoms. The van der Waals surface area contributed by atoms with Crippen LogP contribution in [-0.2, 0) is 23.9 Å². The van der Waals surface area contributed by atoms with Gasteiger partial charge < -0.3 is 9.64 Å². The van der Waals surface area contributed by atoms with Crippen LogP contribution in [0.2, 0.25) is 0 Å². The van der Waals surface area contributed by atoms with Crippen LogP contribution in [0.1, 0.15) is 33.6 Å². The predicted octanol–water partition coefficient (Wildman–Crippen LogP) is -0.407. The van der Waals surface area contributed by atoms with Crippen LogP contribution in [0.15, 0.2) is 0 Å². The number of imide groups is 1. The molecule has 0 aromatic carbocycles. The third kappa shape index (κ3) is 5.50. The van der Waals surface area contributed by atoms with Crippen molar-refractivity contribution in [3.05, 3.63) is 0 Å². The van der Waals surface area contributed by atoms with Crippen LogP contribution in [-0.4, -0.2) is 47.3 Å². The molecule has 0 radical (unpaired) electrons. The molecule has 0 atom stereocenters. The fourth-order valence-corrected chi connectivity index (χ4v) is 1.57. The summed E-state index contributed by atoms with van der Waals surface area (Å²) in [5, 5.41) is 2.10. The van der Waals surface area contributed by atoms with Gasteiger partial charge in [0, 0.05) is 6.42 Å². The summed E-state index contributed by atoms with van der Waals surface area (Å²) in [5.41, 5.74) is -0.596. The molecular formula is C12H18N2O5. The molecule has 1 N–H and O–H groups in total.